The van der Waals surface area contributed by atoms with Gasteiger partial charge < -0.3 is 0 Å². The fourth-order valence-corrected chi connectivity index (χ4v) is 1.53. The summed E-state index contributed by atoms with van der Waals surface area (Å²) in [4.78, 5) is 0. The summed E-state index contributed by atoms with van der Waals surface area (Å²) in [5.74, 6) is 5.45. The van der Waals surface area contributed by atoms with Crippen molar-refractivity contribution in [1.29, 1.82) is 0 Å². The van der Waals surface area contributed by atoms with Gasteiger partial charge in [-0.1, -0.05) is 22.6 Å². The molecule has 1 aliphatic heterocycles. The van der Waals surface area contributed by atoms with E-state index in [1.165, 1.54) is 6.42 Å². The maximum absolute atomic E-state index is 5.45. The highest BCUT2D eigenvalue weighted by Crippen LogP contribution is 2.12. The Labute approximate surface area is 57.2 Å². The topological polar surface area (TPSA) is 29.3 Å². The van der Waals surface area contributed by atoms with E-state index in [0.717, 1.165) is 17.0 Å². The molecule has 7 heavy (non-hydrogen) atoms. The van der Waals surface area contributed by atoms with Crippen molar-refractivity contribution < 1.29 is 0 Å². The van der Waals surface area contributed by atoms with Crippen molar-refractivity contribution in [2.75, 3.05) is 13.1 Å². The molecule has 3 heteroatoms. The summed E-state index contributed by atoms with van der Waals surface area (Å²) in [5, 5.41) is 1.87. The highest BCUT2D eigenvalue weighted by atomic mass is 127. The maximum Gasteiger partial charge on any atom is 0.0264 e. The van der Waals surface area contributed by atoms with Gasteiger partial charge in [0.1, 0.15) is 0 Å². The van der Waals surface area contributed by atoms with Crippen LogP contribution in [0.5, 0.6) is 0 Å². The average molecular weight is 212 g/mol. The van der Waals surface area contributed by atoms with E-state index in [0.29, 0.717) is 0 Å². The molecular formula is C4H9IN2. The van der Waals surface area contributed by atoms with E-state index >= 15 is 0 Å². The summed E-state index contributed by atoms with van der Waals surface area (Å²) in [6, 6.07) is 0. The molecule has 1 unspecified atom stereocenters. The SMILES string of the molecule is NN1CCC(I)C1. The van der Waals surface area contributed by atoms with Crippen LogP contribution in [0.25, 0.3) is 0 Å². The number of alkyl halides is 1. The molecule has 1 aliphatic rings. The average Bonchev–Trinajstić information content (AvgIpc) is 1.87. The number of hydrazine groups is 1. The van der Waals surface area contributed by atoms with Crippen molar-refractivity contribution in [2.24, 2.45) is 5.84 Å². The van der Waals surface area contributed by atoms with Gasteiger partial charge in [-0.15, -0.1) is 0 Å². The minimum atomic E-state index is 0.794. The Bertz CT molecular complexity index is 58.7. The summed E-state index contributed by atoms with van der Waals surface area (Å²) in [6.45, 7) is 2.15. The molecule has 1 atom stereocenters. The van der Waals surface area contributed by atoms with E-state index < -0.39 is 0 Å². The molecule has 1 heterocycles. The normalized spacial score (nSPS) is 34.3. The predicted octanol–water partition coefficient (Wildman–Crippen LogP) is 0.369. The van der Waals surface area contributed by atoms with Gasteiger partial charge in [0.15, 0.2) is 0 Å². The lowest BCUT2D eigenvalue weighted by Crippen LogP contribution is -2.27. The summed E-state index contributed by atoms with van der Waals surface area (Å²) in [6.07, 6.45) is 1.26. The Balaban J connectivity index is 2.26. The van der Waals surface area contributed by atoms with Crippen LogP contribution in [0.1, 0.15) is 6.42 Å². The van der Waals surface area contributed by atoms with Crippen molar-refractivity contribution in [3.8, 4) is 0 Å². The largest absolute Gasteiger partial charge is 0.269 e. The van der Waals surface area contributed by atoms with Gasteiger partial charge in [-0.3, -0.25) is 5.84 Å². The molecule has 1 rings (SSSR count). The van der Waals surface area contributed by atoms with Crippen LogP contribution < -0.4 is 5.84 Å². The Morgan fingerprint density at radius 3 is 2.57 bits per heavy atom. The molecule has 0 amide bonds. The van der Waals surface area contributed by atoms with Crippen LogP contribution >= 0.6 is 22.6 Å². The van der Waals surface area contributed by atoms with E-state index in [2.05, 4.69) is 22.6 Å². The summed E-state index contributed by atoms with van der Waals surface area (Å²) < 4.78 is 0.794. The zero-order valence-electron chi connectivity index (χ0n) is 4.10. The molecule has 1 fully saturated rings. The second-order valence-corrected chi connectivity index (χ2v) is 3.64. The minimum Gasteiger partial charge on any atom is -0.269 e. The fraction of sp³-hybridized carbons (Fsp3) is 1.00. The first-order valence-electron chi connectivity index (χ1n) is 2.43. The Morgan fingerprint density at radius 2 is 2.43 bits per heavy atom. The van der Waals surface area contributed by atoms with Crippen molar-refractivity contribution >= 4 is 22.6 Å². The number of hydrogen-bond acceptors (Lipinski definition) is 2. The monoisotopic (exact) mass is 212 g/mol. The van der Waals surface area contributed by atoms with Gasteiger partial charge in [0.25, 0.3) is 0 Å². The number of nitrogens with two attached hydrogens (primary N) is 1. The molecule has 0 bridgehead atoms. The van der Waals surface area contributed by atoms with E-state index in [9.17, 15) is 0 Å². The van der Waals surface area contributed by atoms with Gasteiger partial charge in [0, 0.05) is 17.0 Å². The van der Waals surface area contributed by atoms with Crippen LogP contribution in [-0.2, 0) is 0 Å². The first-order valence-corrected chi connectivity index (χ1v) is 3.67. The van der Waals surface area contributed by atoms with Gasteiger partial charge in [-0.25, -0.2) is 5.01 Å². The molecular weight excluding hydrogens is 203 g/mol. The van der Waals surface area contributed by atoms with Crippen LogP contribution in [0.2, 0.25) is 0 Å². The Morgan fingerprint density at radius 1 is 1.71 bits per heavy atom. The maximum atomic E-state index is 5.45. The number of nitrogens with zero attached hydrogens (tertiary/aromatic N) is 1. The van der Waals surface area contributed by atoms with Crippen LogP contribution in [0, 0.1) is 0 Å². The number of rotatable bonds is 0. The molecule has 0 radical (unpaired) electrons. The summed E-state index contributed by atoms with van der Waals surface area (Å²) >= 11 is 2.43. The lowest BCUT2D eigenvalue weighted by molar-refractivity contribution is 0.357. The quantitative estimate of drug-likeness (QED) is 0.357. The second kappa shape index (κ2) is 2.28. The van der Waals surface area contributed by atoms with E-state index in [1.807, 2.05) is 5.01 Å². The van der Waals surface area contributed by atoms with Gasteiger partial charge in [0.05, 0.1) is 0 Å². The highest BCUT2D eigenvalue weighted by Gasteiger charge is 2.15. The van der Waals surface area contributed by atoms with Gasteiger partial charge in [0.2, 0.25) is 0 Å². The second-order valence-electron chi connectivity index (χ2n) is 1.88. The first kappa shape index (κ1) is 5.78. The zero-order chi connectivity index (χ0) is 5.28. The minimum absolute atomic E-state index is 0.794. The zero-order valence-corrected chi connectivity index (χ0v) is 6.26. The molecule has 2 nitrogen and oxygen atoms in total. The first-order chi connectivity index (χ1) is 3.29. The molecule has 0 saturated carbocycles. The van der Waals surface area contributed by atoms with E-state index in [4.69, 9.17) is 5.84 Å². The molecule has 0 aromatic carbocycles. The summed E-state index contributed by atoms with van der Waals surface area (Å²) in [7, 11) is 0. The molecule has 1 saturated heterocycles. The van der Waals surface area contributed by atoms with E-state index in [-0.39, 0.29) is 0 Å². The number of hydrogen-bond donors (Lipinski definition) is 1. The molecule has 0 aromatic rings. The summed E-state index contributed by atoms with van der Waals surface area (Å²) in [5.41, 5.74) is 0. The van der Waals surface area contributed by atoms with E-state index in [1.54, 1.807) is 0 Å². The highest BCUT2D eigenvalue weighted by molar-refractivity contribution is 14.1. The molecule has 0 aliphatic carbocycles. The fourth-order valence-electron chi connectivity index (χ4n) is 0.743. The smallest absolute Gasteiger partial charge is 0.0264 e. The Kier molecular flexibility index (Phi) is 1.88. The third-order valence-electron chi connectivity index (χ3n) is 1.16. The van der Waals surface area contributed by atoms with Crippen molar-refractivity contribution in [2.45, 2.75) is 10.3 Å². The van der Waals surface area contributed by atoms with Crippen LogP contribution in [0.4, 0.5) is 0 Å². The lowest BCUT2D eigenvalue weighted by Gasteiger charge is -2.02. The van der Waals surface area contributed by atoms with Gasteiger partial charge in [-0.2, -0.15) is 0 Å². The molecule has 2 N–H and O–H groups in total. The van der Waals surface area contributed by atoms with Gasteiger partial charge in [-0.05, 0) is 6.42 Å². The predicted molar refractivity (Wildman–Crippen MR) is 38.2 cm³/mol. The lowest BCUT2D eigenvalue weighted by atomic mass is 10.4. The standard InChI is InChI=1S/C4H9IN2/c5-4-1-2-7(6)3-4/h4H,1-3,6H2. The van der Waals surface area contributed by atoms with Crippen molar-refractivity contribution in [3.63, 3.8) is 0 Å². The Hall–Kier alpha value is 0.650. The van der Waals surface area contributed by atoms with Crippen molar-refractivity contribution in [1.82, 2.24) is 5.01 Å². The molecule has 0 aromatic heterocycles. The van der Waals surface area contributed by atoms with Crippen LogP contribution in [-0.4, -0.2) is 22.0 Å². The number of halogens is 1. The third kappa shape index (κ3) is 1.54. The van der Waals surface area contributed by atoms with Crippen molar-refractivity contribution in [3.05, 3.63) is 0 Å². The van der Waals surface area contributed by atoms with Crippen LogP contribution in [0.15, 0.2) is 0 Å². The third-order valence-corrected chi connectivity index (χ3v) is 2.18. The molecule has 42 valence electrons. The molecule has 0 spiro atoms. The van der Waals surface area contributed by atoms with Crippen LogP contribution in [0.3, 0.4) is 0 Å². The van der Waals surface area contributed by atoms with Gasteiger partial charge >= 0.3 is 0 Å².